The number of benzene rings is 1. The van der Waals surface area contributed by atoms with E-state index in [4.69, 9.17) is 4.42 Å². The average Bonchev–Trinajstić information content (AvgIpc) is 3.46. The van der Waals surface area contributed by atoms with Crippen LogP contribution in [0, 0.1) is 0 Å². The van der Waals surface area contributed by atoms with E-state index in [2.05, 4.69) is 39.4 Å². The molecule has 0 unspecified atom stereocenters. The smallest absolute Gasteiger partial charge is 0.277 e. The second-order valence-electron chi connectivity index (χ2n) is 6.79. The van der Waals surface area contributed by atoms with Crippen molar-refractivity contribution in [3.63, 3.8) is 0 Å². The largest absolute Gasteiger partial charge is 0.411 e. The molecule has 0 spiro atoms. The molecule has 1 amide bonds. The third kappa shape index (κ3) is 3.91. The Morgan fingerprint density at radius 3 is 2.93 bits per heavy atom. The van der Waals surface area contributed by atoms with Crippen LogP contribution in [-0.2, 0) is 4.79 Å². The van der Waals surface area contributed by atoms with Crippen LogP contribution in [0.4, 0.5) is 5.82 Å². The number of amides is 1. The first-order valence-electron chi connectivity index (χ1n) is 9.47. The molecule has 0 bridgehead atoms. The van der Waals surface area contributed by atoms with E-state index in [1.54, 1.807) is 19.2 Å². The molecule has 0 radical (unpaired) electrons. The molecule has 0 aliphatic heterocycles. The van der Waals surface area contributed by atoms with E-state index < -0.39 is 5.25 Å². The third-order valence-corrected chi connectivity index (χ3v) is 5.74. The zero-order valence-electron chi connectivity index (χ0n) is 16.4. The molecule has 0 aliphatic carbocycles. The summed E-state index contributed by atoms with van der Waals surface area (Å²) in [6, 6.07) is 9.91. The summed E-state index contributed by atoms with van der Waals surface area (Å²) < 4.78 is 7.61. The van der Waals surface area contributed by atoms with Crippen molar-refractivity contribution < 1.29 is 9.21 Å². The summed E-state index contributed by atoms with van der Waals surface area (Å²) in [6.07, 6.45) is 4.46. The maximum atomic E-state index is 12.6. The molecule has 4 rings (SSSR count). The number of fused-ring (bicyclic) bond motifs is 1. The van der Waals surface area contributed by atoms with E-state index in [0.29, 0.717) is 16.9 Å². The molecule has 29 heavy (non-hydrogen) atoms. The van der Waals surface area contributed by atoms with E-state index in [9.17, 15) is 4.79 Å². The Morgan fingerprint density at radius 1 is 1.28 bits per heavy atom. The lowest BCUT2D eigenvalue weighted by atomic mass is 10.2. The van der Waals surface area contributed by atoms with Gasteiger partial charge in [-0.25, -0.2) is 4.68 Å². The van der Waals surface area contributed by atoms with Crippen LogP contribution in [0.15, 0.2) is 52.4 Å². The van der Waals surface area contributed by atoms with Crippen molar-refractivity contribution in [1.29, 1.82) is 0 Å². The summed E-state index contributed by atoms with van der Waals surface area (Å²) in [4.78, 5) is 15.8. The number of aromatic amines is 1. The van der Waals surface area contributed by atoms with Gasteiger partial charge in [-0.15, -0.1) is 10.2 Å². The SMILES string of the molecule is CC[C@@H](C)n1nccc1NC(=O)[C@@H](C)Sc1nnc(-c2c[nH]c3ccccc23)o1. The minimum atomic E-state index is -0.411. The van der Waals surface area contributed by atoms with Gasteiger partial charge in [-0.3, -0.25) is 4.79 Å². The van der Waals surface area contributed by atoms with Crippen molar-refractivity contribution in [1.82, 2.24) is 25.0 Å². The fourth-order valence-electron chi connectivity index (χ4n) is 2.98. The standard InChI is InChI=1S/C20H22N6O2S/c1-4-12(2)26-17(9-10-22-26)23-18(27)13(3)29-20-25-24-19(28-20)15-11-21-16-8-6-5-7-14(15)16/h5-13,21H,4H2,1-3H3,(H,23,27)/t12-,13-/m1/s1. The summed E-state index contributed by atoms with van der Waals surface area (Å²) in [5, 5.41) is 16.4. The molecule has 0 fully saturated rings. The van der Waals surface area contributed by atoms with E-state index in [1.807, 2.05) is 35.1 Å². The fourth-order valence-corrected chi connectivity index (χ4v) is 3.67. The fraction of sp³-hybridized carbons (Fsp3) is 0.300. The molecule has 9 heteroatoms. The molecule has 4 aromatic rings. The number of anilines is 1. The number of para-hydroxylation sites is 1. The Balaban J connectivity index is 1.45. The molecule has 3 heterocycles. The number of carbonyl (C=O) groups excluding carboxylic acids is 1. The first kappa shape index (κ1) is 19.3. The predicted molar refractivity (Wildman–Crippen MR) is 113 cm³/mol. The minimum Gasteiger partial charge on any atom is -0.411 e. The van der Waals surface area contributed by atoms with E-state index in [-0.39, 0.29) is 11.9 Å². The zero-order valence-corrected chi connectivity index (χ0v) is 17.2. The van der Waals surface area contributed by atoms with Gasteiger partial charge in [-0.05, 0) is 26.3 Å². The van der Waals surface area contributed by atoms with Gasteiger partial charge in [-0.2, -0.15) is 5.10 Å². The summed E-state index contributed by atoms with van der Waals surface area (Å²) in [7, 11) is 0. The molecule has 0 aliphatic rings. The molecule has 0 saturated heterocycles. The number of thioether (sulfide) groups is 1. The van der Waals surface area contributed by atoms with Gasteiger partial charge >= 0.3 is 0 Å². The van der Waals surface area contributed by atoms with E-state index >= 15 is 0 Å². The highest BCUT2D eigenvalue weighted by molar-refractivity contribution is 8.00. The van der Waals surface area contributed by atoms with Gasteiger partial charge in [0.1, 0.15) is 5.82 Å². The van der Waals surface area contributed by atoms with Crippen LogP contribution >= 0.6 is 11.8 Å². The summed E-state index contributed by atoms with van der Waals surface area (Å²) >= 11 is 1.22. The predicted octanol–water partition coefficient (Wildman–Crippen LogP) is 4.50. The number of H-pyrrole nitrogens is 1. The van der Waals surface area contributed by atoms with Crippen LogP contribution < -0.4 is 5.32 Å². The number of aromatic nitrogens is 5. The number of hydrogen-bond donors (Lipinski definition) is 2. The Kier molecular flexibility index (Phi) is 5.39. The van der Waals surface area contributed by atoms with Gasteiger partial charge < -0.3 is 14.7 Å². The Labute approximate surface area is 172 Å². The molecule has 2 atom stereocenters. The van der Waals surface area contributed by atoms with Crippen LogP contribution in [0.2, 0.25) is 0 Å². The lowest BCUT2D eigenvalue weighted by Crippen LogP contribution is -2.24. The van der Waals surface area contributed by atoms with Crippen molar-refractivity contribution >= 4 is 34.4 Å². The monoisotopic (exact) mass is 410 g/mol. The van der Waals surface area contributed by atoms with Crippen molar-refractivity contribution in [2.24, 2.45) is 0 Å². The average molecular weight is 411 g/mol. The summed E-state index contributed by atoms with van der Waals surface area (Å²) in [6.45, 7) is 5.95. The lowest BCUT2D eigenvalue weighted by molar-refractivity contribution is -0.115. The quantitative estimate of drug-likeness (QED) is 0.435. The highest BCUT2D eigenvalue weighted by Gasteiger charge is 2.21. The van der Waals surface area contributed by atoms with Crippen LogP contribution in [0.1, 0.15) is 33.2 Å². The minimum absolute atomic E-state index is 0.146. The molecule has 3 aromatic heterocycles. The van der Waals surface area contributed by atoms with Gasteiger partial charge in [0.15, 0.2) is 0 Å². The zero-order chi connectivity index (χ0) is 20.4. The molecule has 2 N–H and O–H groups in total. The van der Waals surface area contributed by atoms with Crippen molar-refractivity contribution in [3.05, 3.63) is 42.7 Å². The topological polar surface area (TPSA) is 102 Å². The third-order valence-electron chi connectivity index (χ3n) is 4.80. The Hall–Kier alpha value is -3.07. The van der Waals surface area contributed by atoms with E-state index in [1.165, 1.54) is 11.8 Å². The molecular formula is C20H22N6O2S. The van der Waals surface area contributed by atoms with Gasteiger partial charge in [0.05, 0.1) is 23.1 Å². The number of carbonyl (C=O) groups is 1. The van der Waals surface area contributed by atoms with Crippen LogP contribution in [0.25, 0.3) is 22.4 Å². The summed E-state index contributed by atoms with van der Waals surface area (Å²) in [5.41, 5.74) is 1.84. The van der Waals surface area contributed by atoms with Crippen molar-refractivity contribution in [2.75, 3.05) is 5.32 Å². The van der Waals surface area contributed by atoms with Crippen molar-refractivity contribution in [3.8, 4) is 11.5 Å². The van der Waals surface area contributed by atoms with Gasteiger partial charge in [0, 0.05) is 23.2 Å². The van der Waals surface area contributed by atoms with Crippen LogP contribution in [0.3, 0.4) is 0 Å². The van der Waals surface area contributed by atoms with E-state index in [0.717, 1.165) is 22.9 Å². The molecule has 0 saturated carbocycles. The second-order valence-corrected chi connectivity index (χ2v) is 8.08. The lowest BCUT2D eigenvalue weighted by Gasteiger charge is -2.15. The van der Waals surface area contributed by atoms with Crippen LogP contribution in [-0.4, -0.2) is 36.1 Å². The first-order valence-corrected chi connectivity index (χ1v) is 10.4. The molecular weight excluding hydrogens is 388 g/mol. The summed E-state index contributed by atoms with van der Waals surface area (Å²) in [5.74, 6) is 0.959. The molecule has 1 aromatic carbocycles. The van der Waals surface area contributed by atoms with Gasteiger partial charge in [-0.1, -0.05) is 36.9 Å². The number of nitrogens with zero attached hydrogens (tertiary/aromatic N) is 4. The maximum absolute atomic E-state index is 12.6. The van der Waals surface area contributed by atoms with Crippen LogP contribution in [0.5, 0.6) is 0 Å². The molecule has 8 nitrogen and oxygen atoms in total. The number of hydrogen-bond acceptors (Lipinski definition) is 6. The maximum Gasteiger partial charge on any atom is 0.277 e. The number of nitrogens with one attached hydrogen (secondary N) is 2. The van der Waals surface area contributed by atoms with Crippen molar-refractivity contribution in [2.45, 2.75) is 43.7 Å². The van der Waals surface area contributed by atoms with Gasteiger partial charge in [0.25, 0.3) is 11.1 Å². The number of rotatable bonds is 7. The Morgan fingerprint density at radius 2 is 2.10 bits per heavy atom. The highest BCUT2D eigenvalue weighted by atomic mass is 32.2. The first-order chi connectivity index (χ1) is 14.1. The molecule has 150 valence electrons. The normalized spacial score (nSPS) is 13.5. The highest BCUT2D eigenvalue weighted by Crippen LogP contribution is 2.31. The van der Waals surface area contributed by atoms with Gasteiger partial charge in [0.2, 0.25) is 5.91 Å². The second kappa shape index (κ2) is 8.12. The Bertz CT molecular complexity index is 1130.